The normalized spacial score (nSPS) is 11.6. The van der Waals surface area contributed by atoms with Crippen molar-refractivity contribution in [3.05, 3.63) is 34.9 Å². The number of carbonyl (C=O) groups excluding carboxylic acids is 1. The van der Waals surface area contributed by atoms with Crippen molar-refractivity contribution in [2.45, 2.75) is 38.8 Å². The summed E-state index contributed by atoms with van der Waals surface area (Å²) in [6.45, 7) is 1.36. The molecule has 0 aliphatic carbocycles. The molecule has 0 fully saturated rings. The van der Waals surface area contributed by atoms with Gasteiger partial charge in [0.2, 0.25) is 0 Å². The van der Waals surface area contributed by atoms with Crippen LogP contribution >= 0.6 is 15.9 Å². The molecule has 0 aliphatic rings. The first-order valence-electron chi connectivity index (χ1n) is 6.14. The third-order valence-electron chi connectivity index (χ3n) is 2.98. The van der Waals surface area contributed by atoms with Crippen LogP contribution in [-0.4, -0.2) is 11.1 Å². The summed E-state index contributed by atoms with van der Waals surface area (Å²) in [7, 11) is 0. The van der Waals surface area contributed by atoms with Crippen molar-refractivity contribution in [3.63, 3.8) is 0 Å². The van der Waals surface area contributed by atoms with E-state index in [-0.39, 0.29) is 16.9 Å². The van der Waals surface area contributed by atoms with E-state index in [1.807, 2.05) is 0 Å². The number of carbonyl (C=O) groups is 1. The lowest BCUT2D eigenvalue weighted by atomic mass is 9.96. The summed E-state index contributed by atoms with van der Waals surface area (Å²) in [5.41, 5.74) is -0.507. The van der Waals surface area contributed by atoms with E-state index in [1.54, 1.807) is 0 Å². The van der Waals surface area contributed by atoms with Crippen LogP contribution < -0.4 is 0 Å². The van der Waals surface area contributed by atoms with Crippen molar-refractivity contribution in [1.82, 2.24) is 0 Å². The lowest BCUT2D eigenvalue weighted by Gasteiger charge is -2.13. The average molecular weight is 337 g/mol. The Hall–Kier alpha value is -0.840. The highest BCUT2D eigenvalue weighted by atomic mass is 79.9. The van der Waals surface area contributed by atoms with E-state index in [1.165, 1.54) is 19.1 Å². The first kappa shape index (κ1) is 16.2. The van der Waals surface area contributed by atoms with Crippen molar-refractivity contribution in [3.8, 4) is 0 Å². The van der Waals surface area contributed by atoms with Crippen LogP contribution in [0.3, 0.4) is 0 Å². The van der Waals surface area contributed by atoms with Gasteiger partial charge in [-0.05, 0) is 31.4 Å². The second-order valence-electron chi connectivity index (χ2n) is 4.40. The number of halogens is 4. The van der Waals surface area contributed by atoms with Crippen LogP contribution in [0.4, 0.5) is 13.2 Å². The third kappa shape index (κ3) is 4.64. The Kier molecular flexibility index (Phi) is 6.04. The number of alkyl halides is 4. The van der Waals surface area contributed by atoms with Crippen molar-refractivity contribution >= 4 is 21.7 Å². The molecule has 0 saturated carbocycles. The molecule has 1 aromatic rings. The largest absolute Gasteiger partial charge is 0.416 e. The highest BCUT2D eigenvalue weighted by Gasteiger charge is 2.33. The van der Waals surface area contributed by atoms with Crippen molar-refractivity contribution < 1.29 is 18.0 Å². The highest BCUT2D eigenvalue weighted by molar-refractivity contribution is 9.09. The number of hydrogen-bond donors (Lipinski definition) is 0. The summed E-state index contributed by atoms with van der Waals surface area (Å²) in [4.78, 5) is 11.9. The van der Waals surface area contributed by atoms with Crippen LogP contribution in [0.2, 0.25) is 0 Å². The molecule has 0 atom stereocenters. The van der Waals surface area contributed by atoms with Crippen LogP contribution in [0.5, 0.6) is 0 Å². The van der Waals surface area contributed by atoms with E-state index >= 15 is 0 Å². The fourth-order valence-corrected chi connectivity index (χ4v) is 2.33. The van der Waals surface area contributed by atoms with Crippen molar-refractivity contribution in [2.75, 3.05) is 5.33 Å². The Morgan fingerprint density at radius 3 is 2.47 bits per heavy atom. The minimum Gasteiger partial charge on any atom is -0.294 e. The van der Waals surface area contributed by atoms with Gasteiger partial charge in [0.15, 0.2) is 5.78 Å². The summed E-state index contributed by atoms with van der Waals surface area (Å²) in [6.07, 6.45) is -1.53. The first-order chi connectivity index (χ1) is 8.88. The topological polar surface area (TPSA) is 17.1 Å². The predicted octanol–water partition coefficient (Wildman–Crippen LogP) is 5.15. The molecule has 0 heterocycles. The number of rotatable bonds is 6. The zero-order valence-corrected chi connectivity index (χ0v) is 12.3. The molecule has 1 rings (SSSR count). The molecule has 0 aliphatic heterocycles. The molecule has 106 valence electrons. The third-order valence-corrected chi connectivity index (χ3v) is 3.54. The molecular weight excluding hydrogens is 321 g/mol. The van der Waals surface area contributed by atoms with Gasteiger partial charge in [-0.25, -0.2) is 0 Å². The average Bonchev–Trinajstić information content (AvgIpc) is 2.33. The fraction of sp³-hybridized carbons (Fsp3) is 0.500. The minimum atomic E-state index is -4.41. The maximum Gasteiger partial charge on any atom is 0.416 e. The quantitative estimate of drug-likeness (QED) is 0.398. The summed E-state index contributed by atoms with van der Waals surface area (Å²) in [5.74, 6) is -0.210. The van der Waals surface area contributed by atoms with Gasteiger partial charge < -0.3 is 0 Å². The molecule has 0 unspecified atom stereocenters. The van der Waals surface area contributed by atoms with E-state index in [2.05, 4.69) is 15.9 Å². The molecule has 0 bridgehead atoms. The molecule has 0 aromatic heterocycles. The van der Waals surface area contributed by atoms with E-state index in [4.69, 9.17) is 0 Å². The second-order valence-corrected chi connectivity index (χ2v) is 5.19. The zero-order valence-electron chi connectivity index (χ0n) is 10.7. The molecular formula is C14H16BrF3O. The van der Waals surface area contributed by atoms with Gasteiger partial charge in [-0.2, -0.15) is 13.2 Å². The lowest BCUT2D eigenvalue weighted by Crippen LogP contribution is -2.11. The smallest absolute Gasteiger partial charge is 0.294 e. The maximum absolute atomic E-state index is 12.7. The summed E-state index contributed by atoms with van der Waals surface area (Å²) >= 11 is 3.29. The molecule has 0 spiro atoms. The van der Waals surface area contributed by atoms with Gasteiger partial charge in [0, 0.05) is 17.3 Å². The second kappa shape index (κ2) is 7.08. The van der Waals surface area contributed by atoms with Gasteiger partial charge >= 0.3 is 6.18 Å². The van der Waals surface area contributed by atoms with E-state index in [0.717, 1.165) is 24.2 Å². The van der Waals surface area contributed by atoms with Crippen LogP contribution in [-0.2, 0) is 6.18 Å². The van der Waals surface area contributed by atoms with Crippen molar-refractivity contribution in [2.24, 2.45) is 0 Å². The molecule has 1 aromatic carbocycles. The van der Waals surface area contributed by atoms with E-state index in [0.29, 0.717) is 12.8 Å². The minimum absolute atomic E-state index is 0.0282. The number of unbranched alkanes of at least 4 members (excludes halogenated alkanes) is 2. The van der Waals surface area contributed by atoms with Gasteiger partial charge in [-0.15, -0.1) is 0 Å². The molecule has 0 amide bonds. The SMILES string of the molecule is Cc1c(C(=O)CCCCCBr)cccc1C(F)(F)F. The predicted molar refractivity (Wildman–Crippen MR) is 72.8 cm³/mol. The van der Waals surface area contributed by atoms with Gasteiger partial charge in [-0.3, -0.25) is 4.79 Å². The standard InChI is InChI=1S/C14H16BrF3O/c1-10-11(13(19)8-3-2-4-9-15)6-5-7-12(10)14(16,17)18/h5-7H,2-4,8-9H2,1H3. The Labute approximate surface area is 119 Å². The Morgan fingerprint density at radius 1 is 1.21 bits per heavy atom. The summed E-state index contributed by atoms with van der Waals surface area (Å²) in [5, 5.41) is 0.879. The van der Waals surface area contributed by atoms with Gasteiger partial charge in [-0.1, -0.05) is 34.5 Å². The van der Waals surface area contributed by atoms with Crippen LogP contribution in [0.15, 0.2) is 18.2 Å². The zero-order chi connectivity index (χ0) is 14.5. The van der Waals surface area contributed by atoms with Gasteiger partial charge in [0.1, 0.15) is 0 Å². The molecule has 0 N–H and O–H groups in total. The lowest BCUT2D eigenvalue weighted by molar-refractivity contribution is -0.138. The molecule has 1 nitrogen and oxygen atoms in total. The number of benzene rings is 1. The van der Waals surface area contributed by atoms with Crippen LogP contribution in [0.1, 0.15) is 47.2 Å². The van der Waals surface area contributed by atoms with E-state index < -0.39 is 11.7 Å². The van der Waals surface area contributed by atoms with Crippen LogP contribution in [0, 0.1) is 6.92 Å². The van der Waals surface area contributed by atoms with Gasteiger partial charge in [0.25, 0.3) is 0 Å². The highest BCUT2D eigenvalue weighted by Crippen LogP contribution is 2.33. The number of hydrogen-bond acceptors (Lipinski definition) is 1. The molecule has 19 heavy (non-hydrogen) atoms. The fourth-order valence-electron chi connectivity index (χ4n) is 1.94. The molecule has 0 radical (unpaired) electrons. The Bertz CT molecular complexity index is 441. The number of Topliss-reactive ketones (excluding diaryl/α,β-unsaturated/α-hetero) is 1. The Balaban J connectivity index is 2.81. The first-order valence-corrected chi connectivity index (χ1v) is 7.26. The summed E-state index contributed by atoms with van der Waals surface area (Å²) < 4.78 is 38.2. The van der Waals surface area contributed by atoms with Gasteiger partial charge in [0.05, 0.1) is 5.56 Å². The van der Waals surface area contributed by atoms with E-state index in [9.17, 15) is 18.0 Å². The van der Waals surface area contributed by atoms with Crippen molar-refractivity contribution in [1.29, 1.82) is 0 Å². The Morgan fingerprint density at radius 2 is 1.89 bits per heavy atom. The molecule has 0 saturated heterocycles. The number of ketones is 1. The molecule has 5 heteroatoms. The van der Waals surface area contributed by atoms with Crippen LogP contribution in [0.25, 0.3) is 0 Å². The maximum atomic E-state index is 12.7. The monoisotopic (exact) mass is 336 g/mol. The summed E-state index contributed by atoms with van der Waals surface area (Å²) in [6, 6.07) is 3.77.